The minimum absolute atomic E-state index is 0.137. The Kier molecular flexibility index (Phi) is 9.25. The van der Waals surface area contributed by atoms with Crippen molar-refractivity contribution in [1.29, 1.82) is 0 Å². The third kappa shape index (κ3) is 6.39. The van der Waals surface area contributed by atoms with Gasteiger partial charge in [0, 0.05) is 29.7 Å². The molecule has 1 aliphatic carbocycles. The number of allylic oxidation sites excluding steroid dienone is 9. The van der Waals surface area contributed by atoms with Gasteiger partial charge >= 0.3 is 0 Å². The van der Waals surface area contributed by atoms with Crippen molar-refractivity contribution in [2.45, 2.75) is 59.8 Å². The van der Waals surface area contributed by atoms with Crippen molar-refractivity contribution in [2.24, 2.45) is 23.7 Å². The lowest BCUT2D eigenvalue weighted by Gasteiger charge is -2.29. The Morgan fingerprint density at radius 2 is 2.09 bits per heavy atom. The van der Waals surface area contributed by atoms with Gasteiger partial charge in [0.1, 0.15) is 11.5 Å². The van der Waals surface area contributed by atoms with Crippen LogP contribution in [0.1, 0.15) is 70.0 Å². The first-order valence-corrected chi connectivity index (χ1v) is 12.6. The lowest BCUT2D eigenvalue weighted by atomic mass is 9.78. The summed E-state index contributed by atoms with van der Waals surface area (Å²) in [7, 11) is 0. The number of halogens is 1. The van der Waals surface area contributed by atoms with Crippen molar-refractivity contribution < 1.29 is 9.15 Å². The Morgan fingerprint density at radius 1 is 1.28 bits per heavy atom. The zero-order chi connectivity index (χ0) is 23.1. The van der Waals surface area contributed by atoms with E-state index in [2.05, 4.69) is 76.8 Å². The Morgan fingerprint density at radius 3 is 2.84 bits per heavy atom. The molecule has 3 rings (SSSR count). The van der Waals surface area contributed by atoms with E-state index in [9.17, 15) is 0 Å². The molecule has 174 valence electrons. The molecule has 0 amide bonds. The van der Waals surface area contributed by atoms with Crippen LogP contribution in [0.2, 0.25) is 0 Å². The molecule has 0 aromatic carbocycles. The fraction of sp³-hybridized carbons (Fsp3) is 0.517. The zero-order valence-corrected chi connectivity index (χ0v) is 21.0. The van der Waals surface area contributed by atoms with Gasteiger partial charge in [-0.25, -0.2) is 0 Å². The molecule has 0 spiro atoms. The van der Waals surface area contributed by atoms with Crippen LogP contribution in [-0.4, -0.2) is 13.2 Å². The van der Waals surface area contributed by atoms with Gasteiger partial charge in [0.2, 0.25) is 0 Å². The molecule has 4 unspecified atom stereocenters. The highest BCUT2D eigenvalue weighted by molar-refractivity contribution is 6.29. The second kappa shape index (κ2) is 11.9. The first-order valence-electron chi connectivity index (χ1n) is 12.2. The van der Waals surface area contributed by atoms with Crippen molar-refractivity contribution in [3.63, 3.8) is 0 Å². The van der Waals surface area contributed by atoms with Gasteiger partial charge in [0.05, 0.1) is 0 Å². The second-order valence-corrected chi connectivity index (χ2v) is 9.94. The van der Waals surface area contributed by atoms with E-state index in [1.54, 1.807) is 0 Å². The quantitative estimate of drug-likeness (QED) is 0.428. The van der Waals surface area contributed by atoms with Crippen LogP contribution in [-0.2, 0) is 4.74 Å². The standard InChI is InChI=1S/C29H39ClO2/c1-6-24(23(5)30)19-27(26-14-9-16-31-17-15-21(26)3)29-22(4)18-28(32-29)25-12-7-10-20(2)11-8-13-25/h7-8,10,12-13,18-21,24,26H,5-6,9,11,14-17H2,1-4H3/b10-7-,13-8?,25-12?,27-19-. The number of hydrogen-bond acceptors (Lipinski definition) is 2. The molecule has 0 bridgehead atoms. The fourth-order valence-corrected chi connectivity index (χ4v) is 4.92. The van der Waals surface area contributed by atoms with E-state index in [1.165, 1.54) is 11.1 Å². The molecular formula is C29H39ClO2. The fourth-order valence-electron chi connectivity index (χ4n) is 4.71. The van der Waals surface area contributed by atoms with Gasteiger partial charge in [-0.15, -0.1) is 0 Å². The summed E-state index contributed by atoms with van der Waals surface area (Å²) in [6, 6.07) is 2.19. The molecule has 1 saturated heterocycles. The summed E-state index contributed by atoms with van der Waals surface area (Å²) < 4.78 is 12.4. The summed E-state index contributed by atoms with van der Waals surface area (Å²) in [6.07, 6.45) is 18.5. The van der Waals surface area contributed by atoms with Gasteiger partial charge in [-0.1, -0.05) is 75.4 Å². The smallest absolute Gasteiger partial charge is 0.135 e. The van der Waals surface area contributed by atoms with Crippen molar-refractivity contribution >= 4 is 22.7 Å². The Balaban J connectivity index is 2.05. The average Bonchev–Trinajstić information content (AvgIpc) is 3.10. The third-order valence-corrected chi connectivity index (χ3v) is 7.10. The number of aryl methyl sites for hydroxylation is 1. The molecule has 2 aliphatic rings. The number of ether oxygens (including phenoxy) is 1. The van der Waals surface area contributed by atoms with Crippen LogP contribution < -0.4 is 0 Å². The molecule has 4 atom stereocenters. The van der Waals surface area contributed by atoms with Gasteiger partial charge in [0.15, 0.2) is 0 Å². The molecule has 0 N–H and O–H groups in total. The van der Waals surface area contributed by atoms with Crippen LogP contribution in [0.5, 0.6) is 0 Å². The Hall–Kier alpha value is -1.77. The highest BCUT2D eigenvalue weighted by Gasteiger charge is 2.28. The van der Waals surface area contributed by atoms with E-state index in [0.29, 0.717) is 22.8 Å². The maximum atomic E-state index is 6.61. The largest absolute Gasteiger partial charge is 0.456 e. The van der Waals surface area contributed by atoms with E-state index < -0.39 is 0 Å². The van der Waals surface area contributed by atoms with Crippen molar-refractivity contribution in [3.05, 3.63) is 71.2 Å². The predicted octanol–water partition coefficient (Wildman–Crippen LogP) is 8.74. The predicted molar refractivity (Wildman–Crippen MR) is 138 cm³/mol. The topological polar surface area (TPSA) is 22.4 Å². The SMILES string of the molecule is C=C(Cl)C(/C=C(\c1oc(C2=C/C=C\C(C)CC=C2)cc1C)C1CCCOCCC1C)CC. The number of furan rings is 1. The summed E-state index contributed by atoms with van der Waals surface area (Å²) in [6.45, 7) is 14.6. The number of hydrogen-bond donors (Lipinski definition) is 0. The van der Waals surface area contributed by atoms with Crippen LogP contribution in [0.25, 0.3) is 11.1 Å². The van der Waals surface area contributed by atoms with Gasteiger partial charge in [-0.2, -0.15) is 0 Å². The summed E-state index contributed by atoms with van der Waals surface area (Å²) >= 11 is 6.41. The minimum Gasteiger partial charge on any atom is -0.456 e. The number of rotatable bonds is 6. The molecular weight excluding hydrogens is 416 g/mol. The molecule has 1 fully saturated rings. The summed E-state index contributed by atoms with van der Waals surface area (Å²) in [5.74, 6) is 3.57. The molecule has 0 saturated carbocycles. The first-order chi connectivity index (χ1) is 15.4. The Labute approximate surface area is 199 Å². The maximum absolute atomic E-state index is 6.61. The molecule has 1 aromatic rings. The minimum atomic E-state index is 0.137. The molecule has 2 heterocycles. The lowest BCUT2D eigenvalue weighted by Crippen LogP contribution is -2.20. The van der Waals surface area contributed by atoms with Gasteiger partial charge in [0.25, 0.3) is 0 Å². The van der Waals surface area contributed by atoms with Crippen LogP contribution in [0.3, 0.4) is 0 Å². The molecule has 3 heteroatoms. The van der Waals surface area contributed by atoms with E-state index in [-0.39, 0.29) is 5.92 Å². The Bertz CT molecular complexity index is 898. The van der Waals surface area contributed by atoms with E-state index in [0.717, 1.165) is 62.4 Å². The van der Waals surface area contributed by atoms with Crippen LogP contribution in [0.4, 0.5) is 0 Å². The van der Waals surface area contributed by atoms with Crippen molar-refractivity contribution in [2.75, 3.05) is 13.2 Å². The second-order valence-electron chi connectivity index (χ2n) is 9.46. The molecule has 1 aromatic heterocycles. The van der Waals surface area contributed by atoms with E-state index in [4.69, 9.17) is 20.8 Å². The zero-order valence-electron chi connectivity index (χ0n) is 20.2. The highest BCUT2D eigenvalue weighted by Crippen LogP contribution is 2.41. The van der Waals surface area contributed by atoms with Gasteiger partial charge in [-0.3, -0.25) is 0 Å². The van der Waals surface area contributed by atoms with Crippen LogP contribution in [0.15, 0.2) is 58.6 Å². The van der Waals surface area contributed by atoms with Crippen molar-refractivity contribution in [3.8, 4) is 0 Å². The first kappa shape index (κ1) is 24.9. The molecule has 1 aliphatic heterocycles. The van der Waals surface area contributed by atoms with E-state index in [1.807, 2.05) is 0 Å². The molecule has 0 radical (unpaired) electrons. The van der Waals surface area contributed by atoms with Gasteiger partial charge in [-0.05, 0) is 74.0 Å². The van der Waals surface area contributed by atoms with Crippen LogP contribution >= 0.6 is 11.6 Å². The average molecular weight is 455 g/mol. The van der Waals surface area contributed by atoms with Gasteiger partial charge < -0.3 is 9.15 Å². The normalized spacial score (nSPS) is 27.0. The summed E-state index contributed by atoms with van der Waals surface area (Å²) in [5.41, 5.74) is 3.59. The summed E-state index contributed by atoms with van der Waals surface area (Å²) in [5, 5.41) is 0.696. The van der Waals surface area contributed by atoms with Crippen LogP contribution in [0, 0.1) is 30.6 Å². The molecule has 32 heavy (non-hydrogen) atoms. The molecule has 2 nitrogen and oxygen atoms in total. The monoisotopic (exact) mass is 454 g/mol. The highest BCUT2D eigenvalue weighted by atomic mass is 35.5. The maximum Gasteiger partial charge on any atom is 0.135 e. The van der Waals surface area contributed by atoms with Crippen molar-refractivity contribution in [1.82, 2.24) is 0 Å². The third-order valence-electron chi connectivity index (χ3n) is 6.82. The summed E-state index contributed by atoms with van der Waals surface area (Å²) in [4.78, 5) is 0. The van der Waals surface area contributed by atoms with E-state index >= 15 is 0 Å². The lowest BCUT2D eigenvalue weighted by molar-refractivity contribution is 0.0935.